The SMILES string of the molecule is CCSC(=S)c1c(Cl)ccn(-c2ccccc2)c1=O. The number of para-hydroxylation sites is 1. The highest BCUT2D eigenvalue weighted by atomic mass is 35.5. The molecule has 0 spiro atoms. The summed E-state index contributed by atoms with van der Waals surface area (Å²) in [5, 5.41) is 0.406. The van der Waals surface area contributed by atoms with Gasteiger partial charge >= 0.3 is 0 Å². The monoisotopic (exact) mass is 309 g/mol. The first-order valence-corrected chi connectivity index (χ1v) is 7.56. The van der Waals surface area contributed by atoms with Crippen molar-refractivity contribution in [1.29, 1.82) is 0 Å². The van der Waals surface area contributed by atoms with Crippen LogP contribution in [0.25, 0.3) is 5.69 Å². The topological polar surface area (TPSA) is 22.0 Å². The highest BCUT2D eigenvalue weighted by Crippen LogP contribution is 2.19. The Morgan fingerprint density at radius 3 is 2.63 bits per heavy atom. The molecule has 98 valence electrons. The molecule has 0 unspecified atom stereocenters. The van der Waals surface area contributed by atoms with Crippen LogP contribution in [-0.2, 0) is 0 Å². The summed E-state index contributed by atoms with van der Waals surface area (Å²) in [5.41, 5.74) is 1.04. The summed E-state index contributed by atoms with van der Waals surface area (Å²) in [6, 6.07) is 11.1. The second-order valence-corrected chi connectivity index (χ2v) is 6.12. The van der Waals surface area contributed by atoms with Gasteiger partial charge in [-0.1, -0.05) is 48.9 Å². The van der Waals surface area contributed by atoms with Gasteiger partial charge in [-0.25, -0.2) is 0 Å². The quantitative estimate of drug-likeness (QED) is 0.802. The van der Waals surface area contributed by atoms with Crippen LogP contribution in [0.1, 0.15) is 12.5 Å². The Morgan fingerprint density at radius 2 is 2.00 bits per heavy atom. The normalized spacial score (nSPS) is 10.4. The van der Waals surface area contributed by atoms with Crippen molar-refractivity contribution >= 4 is 39.8 Å². The second-order valence-electron chi connectivity index (χ2n) is 3.77. The van der Waals surface area contributed by atoms with Crippen LogP contribution in [0.15, 0.2) is 47.4 Å². The predicted molar refractivity (Wildman–Crippen MR) is 86.9 cm³/mol. The minimum Gasteiger partial charge on any atom is -0.284 e. The van der Waals surface area contributed by atoms with Crippen LogP contribution < -0.4 is 5.56 Å². The number of aromatic nitrogens is 1. The van der Waals surface area contributed by atoms with Crippen LogP contribution in [0.4, 0.5) is 0 Å². The minimum atomic E-state index is -0.176. The first kappa shape index (κ1) is 14.3. The number of pyridine rings is 1. The molecule has 0 amide bonds. The summed E-state index contributed by atoms with van der Waals surface area (Å²) in [7, 11) is 0. The van der Waals surface area contributed by atoms with E-state index in [1.54, 1.807) is 16.8 Å². The van der Waals surface area contributed by atoms with Crippen molar-refractivity contribution in [3.05, 3.63) is 63.5 Å². The van der Waals surface area contributed by atoms with Crippen molar-refractivity contribution in [2.75, 3.05) is 5.75 Å². The number of hydrogen-bond donors (Lipinski definition) is 0. The van der Waals surface area contributed by atoms with Crippen molar-refractivity contribution in [3.8, 4) is 5.69 Å². The summed E-state index contributed by atoms with van der Waals surface area (Å²) >= 11 is 12.8. The van der Waals surface area contributed by atoms with Crippen molar-refractivity contribution in [1.82, 2.24) is 4.57 Å². The van der Waals surface area contributed by atoms with Gasteiger partial charge in [-0.15, -0.1) is 11.8 Å². The Morgan fingerprint density at radius 1 is 1.32 bits per heavy atom. The predicted octanol–water partition coefficient (Wildman–Crippen LogP) is 3.92. The molecular formula is C14H12ClNOS2. The number of hydrogen-bond acceptors (Lipinski definition) is 3. The molecule has 2 nitrogen and oxygen atoms in total. The molecule has 19 heavy (non-hydrogen) atoms. The van der Waals surface area contributed by atoms with E-state index >= 15 is 0 Å². The van der Waals surface area contributed by atoms with Crippen LogP contribution in [0.5, 0.6) is 0 Å². The van der Waals surface area contributed by atoms with Crippen LogP contribution in [-0.4, -0.2) is 14.5 Å². The molecular weight excluding hydrogens is 298 g/mol. The summed E-state index contributed by atoms with van der Waals surface area (Å²) in [5.74, 6) is 0.814. The zero-order chi connectivity index (χ0) is 13.8. The Balaban J connectivity index is 2.58. The summed E-state index contributed by atoms with van der Waals surface area (Å²) < 4.78 is 2.10. The smallest absolute Gasteiger partial charge is 0.265 e. The van der Waals surface area contributed by atoms with Gasteiger partial charge in [0.25, 0.3) is 5.56 Å². The average molecular weight is 310 g/mol. The average Bonchev–Trinajstić information content (AvgIpc) is 2.40. The number of thioether (sulfide) groups is 1. The molecule has 0 fully saturated rings. The zero-order valence-electron chi connectivity index (χ0n) is 10.3. The lowest BCUT2D eigenvalue weighted by atomic mass is 10.2. The van der Waals surface area contributed by atoms with E-state index in [0.29, 0.717) is 14.8 Å². The Bertz CT molecular complexity index is 652. The zero-order valence-corrected chi connectivity index (χ0v) is 12.7. The fourth-order valence-electron chi connectivity index (χ4n) is 1.69. The van der Waals surface area contributed by atoms with Crippen molar-refractivity contribution in [3.63, 3.8) is 0 Å². The van der Waals surface area contributed by atoms with E-state index in [-0.39, 0.29) is 5.56 Å². The van der Waals surface area contributed by atoms with E-state index in [2.05, 4.69) is 0 Å². The van der Waals surface area contributed by atoms with Gasteiger partial charge in [0.1, 0.15) is 0 Å². The van der Waals surface area contributed by atoms with Gasteiger partial charge in [0.15, 0.2) is 0 Å². The maximum absolute atomic E-state index is 12.5. The van der Waals surface area contributed by atoms with Gasteiger partial charge in [0.05, 0.1) is 14.8 Å². The van der Waals surface area contributed by atoms with Crippen molar-refractivity contribution in [2.24, 2.45) is 0 Å². The summed E-state index contributed by atoms with van der Waals surface area (Å²) in [4.78, 5) is 12.5. The van der Waals surface area contributed by atoms with Gasteiger partial charge in [0, 0.05) is 11.9 Å². The molecule has 0 N–H and O–H groups in total. The molecule has 0 saturated carbocycles. The molecule has 0 atom stereocenters. The fraction of sp³-hybridized carbons (Fsp3) is 0.143. The molecule has 1 heterocycles. The number of halogens is 1. The fourth-order valence-corrected chi connectivity index (χ4v) is 3.19. The lowest BCUT2D eigenvalue weighted by molar-refractivity contribution is 0.987. The Labute approximate surface area is 126 Å². The first-order valence-electron chi connectivity index (χ1n) is 5.79. The van der Waals surface area contributed by atoms with Crippen LogP contribution in [0.2, 0.25) is 5.02 Å². The van der Waals surface area contributed by atoms with E-state index in [9.17, 15) is 4.79 Å². The van der Waals surface area contributed by atoms with Crippen LogP contribution in [0.3, 0.4) is 0 Å². The van der Waals surface area contributed by atoms with Gasteiger partial charge in [-0.2, -0.15) is 0 Å². The molecule has 2 rings (SSSR count). The van der Waals surface area contributed by atoms with Gasteiger partial charge in [-0.3, -0.25) is 9.36 Å². The molecule has 1 aromatic carbocycles. The number of benzene rings is 1. The van der Waals surface area contributed by atoms with Crippen molar-refractivity contribution in [2.45, 2.75) is 6.92 Å². The third-order valence-corrected chi connectivity index (χ3v) is 4.18. The second kappa shape index (κ2) is 6.37. The highest BCUT2D eigenvalue weighted by molar-refractivity contribution is 8.23. The Kier molecular flexibility index (Phi) is 4.80. The van der Waals surface area contributed by atoms with Crippen LogP contribution >= 0.6 is 35.6 Å². The summed E-state index contributed by atoms with van der Waals surface area (Å²) in [6.07, 6.45) is 1.67. The third kappa shape index (κ3) is 3.08. The largest absolute Gasteiger partial charge is 0.284 e. The lowest BCUT2D eigenvalue weighted by Gasteiger charge is -2.10. The third-order valence-electron chi connectivity index (χ3n) is 2.56. The number of thiocarbonyl (C=S) groups is 1. The number of rotatable bonds is 3. The van der Waals surface area contributed by atoms with E-state index in [4.69, 9.17) is 23.8 Å². The van der Waals surface area contributed by atoms with Gasteiger partial charge < -0.3 is 0 Å². The maximum Gasteiger partial charge on any atom is 0.265 e. The van der Waals surface area contributed by atoms with E-state index in [1.165, 1.54) is 11.8 Å². The van der Waals surface area contributed by atoms with E-state index < -0.39 is 0 Å². The molecule has 1 aromatic heterocycles. The van der Waals surface area contributed by atoms with Crippen molar-refractivity contribution < 1.29 is 0 Å². The minimum absolute atomic E-state index is 0.176. The van der Waals surface area contributed by atoms with Gasteiger partial charge in [-0.05, 0) is 24.0 Å². The highest BCUT2D eigenvalue weighted by Gasteiger charge is 2.14. The molecule has 0 aliphatic carbocycles. The molecule has 5 heteroatoms. The first-order chi connectivity index (χ1) is 9.15. The lowest BCUT2D eigenvalue weighted by Crippen LogP contribution is -2.24. The van der Waals surface area contributed by atoms with E-state index in [1.807, 2.05) is 37.3 Å². The molecule has 2 aromatic rings. The van der Waals surface area contributed by atoms with E-state index in [0.717, 1.165) is 11.4 Å². The van der Waals surface area contributed by atoms with Crippen LogP contribution in [0, 0.1) is 0 Å². The Hall–Kier alpha value is -1.10. The number of nitrogens with zero attached hydrogens (tertiary/aromatic N) is 1. The molecule has 0 aliphatic heterocycles. The molecule has 0 radical (unpaired) electrons. The molecule has 0 aliphatic rings. The maximum atomic E-state index is 12.5. The summed E-state index contributed by atoms with van der Waals surface area (Å²) in [6.45, 7) is 1.99. The molecule has 0 saturated heterocycles. The standard InChI is InChI=1S/C14H12ClNOS2/c1-2-19-14(18)12-11(15)8-9-16(13(12)17)10-6-4-3-5-7-10/h3-9H,2H2,1H3. The van der Waals surface area contributed by atoms with Gasteiger partial charge in [0.2, 0.25) is 0 Å². The molecule has 0 bridgehead atoms.